The number of hydrogen-bond donors (Lipinski definition) is 3. The van der Waals surface area contributed by atoms with Crippen molar-refractivity contribution in [2.45, 2.75) is 26.8 Å². The Morgan fingerprint density at radius 3 is 2.58 bits per heavy atom. The highest BCUT2D eigenvalue weighted by Gasteiger charge is 2.09. The molecule has 0 aliphatic carbocycles. The molecule has 0 saturated heterocycles. The van der Waals surface area contributed by atoms with Crippen LogP contribution in [-0.4, -0.2) is 23.7 Å². The van der Waals surface area contributed by atoms with Crippen molar-refractivity contribution in [1.29, 1.82) is 0 Å². The van der Waals surface area contributed by atoms with Crippen LogP contribution < -0.4 is 10.6 Å². The van der Waals surface area contributed by atoms with Gasteiger partial charge in [0.1, 0.15) is 0 Å². The van der Waals surface area contributed by atoms with Crippen molar-refractivity contribution in [3.05, 3.63) is 35.4 Å². The van der Waals surface area contributed by atoms with Gasteiger partial charge in [0.05, 0.1) is 0 Å². The number of amides is 2. The van der Waals surface area contributed by atoms with Gasteiger partial charge in [0.15, 0.2) is 0 Å². The van der Waals surface area contributed by atoms with E-state index in [2.05, 4.69) is 10.6 Å². The van der Waals surface area contributed by atoms with E-state index in [1.165, 1.54) is 0 Å². The van der Waals surface area contributed by atoms with Gasteiger partial charge < -0.3 is 15.7 Å². The molecule has 0 heterocycles. The molecule has 1 aromatic rings. The fourth-order valence-electron chi connectivity index (χ4n) is 1.68. The normalized spacial score (nSPS) is 11.7. The van der Waals surface area contributed by atoms with E-state index in [1.807, 2.05) is 31.2 Å². The van der Waals surface area contributed by atoms with Crippen molar-refractivity contribution in [2.24, 2.45) is 5.92 Å². The molecule has 0 aliphatic heterocycles. The molecule has 104 valence electrons. The number of rotatable bonds is 6. The molecule has 5 heteroatoms. The average Bonchev–Trinajstić information content (AvgIpc) is 2.34. The lowest BCUT2D eigenvalue weighted by Crippen LogP contribution is -2.37. The molecule has 0 aromatic heterocycles. The lowest BCUT2D eigenvalue weighted by molar-refractivity contribution is -0.137. The summed E-state index contributed by atoms with van der Waals surface area (Å²) in [7, 11) is 0. The zero-order valence-corrected chi connectivity index (χ0v) is 11.3. The van der Waals surface area contributed by atoms with Crippen molar-refractivity contribution in [2.75, 3.05) is 6.54 Å². The van der Waals surface area contributed by atoms with Crippen LogP contribution in [0.2, 0.25) is 0 Å². The van der Waals surface area contributed by atoms with Crippen molar-refractivity contribution in [3.63, 3.8) is 0 Å². The van der Waals surface area contributed by atoms with E-state index in [-0.39, 0.29) is 18.4 Å². The average molecular weight is 264 g/mol. The molecular weight excluding hydrogens is 244 g/mol. The molecule has 0 fully saturated rings. The summed E-state index contributed by atoms with van der Waals surface area (Å²) in [5, 5.41) is 14.0. The van der Waals surface area contributed by atoms with Gasteiger partial charge in [0.25, 0.3) is 0 Å². The van der Waals surface area contributed by atoms with Gasteiger partial charge in [0.2, 0.25) is 0 Å². The summed E-state index contributed by atoms with van der Waals surface area (Å²) in [5.74, 6) is -0.934. The summed E-state index contributed by atoms with van der Waals surface area (Å²) < 4.78 is 0. The molecule has 0 bridgehead atoms. The predicted octanol–water partition coefficient (Wildman–Crippen LogP) is 1.91. The zero-order valence-electron chi connectivity index (χ0n) is 11.3. The van der Waals surface area contributed by atoms with Gasteiger partial charge in [-0.05, 0) is 24.0 Å². The lowest BCUT2D eigenvalue weighted by atomic mass is 10.1. The van der Waals surface area contributed by atoms with Gasteiger partial charge >= 0.3 is 12.0 Å². The quantitative estimate of drug-likeness (QED) is 0.734. The molecular formula is C14H20N2O3. The van der Waals surface area contributed by atoms with Gasteiger partial charge in [0, 0.05) is 19.5 Å². The van der Waals surface area contributed by atoms with Crippen LogP contribution in [0.15, 0.2) is 24.3 Å². The first kappa shape index (κ1) is 15.0. The summed E-state index contributed by atoms with van der Waals surface area (Å²) in [5.41, 5.74) is 2.19. The lowest BCUT2D eigenvalue weighted by Gasteiger charge is -2.12. The summed E-state index contributed by atoms with van der Waals surface area (Å²) in [6.07, 6.45) is 0.0536. The van der Waals surface area contributed by atoms with Crippen molar-refractivity contribution < 1.29 is 14.7 Å². The molecule has 19 heavy (non-hydrogen) atoms. The SMILES string of the molecule is Cc1ccccc1CNC(=O)NCC(C)CC(=O)O. The van der Waals surface area contributed by atoms with E-state index in [9.17, 15) is 9.59 Å². The summed E-state index contributed by atoms with van der Waals surface area (Å²) in [4.78, 5) is 22.0. The van der Waals surface area contributed by atoms with E-state index in [0.717, 1.165) is 11.1 Å². The smallest absolute Gasteiger partial charge is 0.315 e. The van der Waals surface area contributed by atoms with E-state index < -0.39 is 5.97 Å². The molecule has 3 N–H and O–H groups in total. The summed E-state index contributed by atoms with van der Waals surface area (Å²) >= 11 is 0. The minimum absolute atomic E-state index is 0.0536. The van der Waals surface area contributed by atoms with E-state index in [1.54, 1.807) is 6.92 Å². The number of carboxylic acids is 1. The largest absolute Gasteiger partial charge is 0.481 e. The van der Waals surface area contributed by atoms with Gasteiger partial charge in [-0.3, -0.25) is 4.79 Å². The number of urea groups is 1. The maximum atomic E-state index is 11.5. The molecule has 0 saturated carbocycles. The monoisotopic (exact) mass is 264 g/mol. The number of carboxylic acid groups (broad SMARTS) is 1. The van der Waals surface area contributed by atoms with Crippen LogP contribution in [0.25, 0.3) is 0 Å². The molecule has 1 unspecified atom stereocenters. The summed E-state index contributed by atoms with van der Waals surface area (Å²) in [6, 6.07) is 7.55. The van der Waals surface area contributed by atoms with Crippen LogP contribution in [0.4, 0.5) is 4.79 Å². The third kappa shape index (κ3) is 5.90. The Morgan fingerprint density at radius 1 is 1.26 bits per heavy atom. The second kappa shape index (κ2) is 7.41. The summed E-state index contributed by atoms with van der Waals surface area (Å²) in [6.45, 7) is 4.59. The van der Waals surface area contributed by atoms with Crippen LogP contribution in [0.1, 0.15) is 24.5 Å². The molecule has 5 nitrogen and oxygen atoms in total. The number of aryl methyl sites for hydroxylation is 1. The molecule has 0 radical (unpaired) electrons. The van der Waals surface area contributed by atoms with E-state index in [4.69, 9.17) is 5.11 Å². The highest BCUT2D eigenvalue weighted by Crippen LogP contribution is 2.06. The predicted molar refractivity (Wildman–Crippen MR) is 72.8 cm³/mol. The number of carbonyl (C=O) groups is 2. The first-order chi connectivity index (χ1) is 8.99. The number of benzene rings is 1. The van der Waals surface area contributed by atoms with Gasteiger partial charge in [-0.1, -0.05) is 31.2 Å². The molecule has 1 rings (SSSR count). The third-order valence-electron chi connectivity index (χ3n) is 2.83. The van der Waals surface area contributed by atoms with Crippen LogP contribution in [0.3, 0.4) is 0 Å². The number of hydrogen-bond acceptors (Lipinski definition) is 2. The molecule has 1 atom stereocenters. The first-order valence-electron chi connectivity index (χ1n) is 6.27. The Hall–Kier alpha value is -2.04. The zero-order chi connectivity index (χ0) is 14.3. The fraction of sp³-hybridized carbons (Fsp3) is 0.429. The number of aliphatic carboxylic acids is 1. The third-order valence-corrected chi connectivity index (χ3v) is 2.83. The van der Waals surface area contributed by atoms with E-state index in [0.29, 0.717) is 13.1 Å². The van der Waals surface area contributed by atoms with Gasteiger partial charge in [-0.2, -0.15) is 0 Å². The van der Waals surface area contributed by atoms with Gasteiger partial charge in [-0.15, -0.1) is 0 Å². The van der Waals surface area contributed by atoms with Crippen LogP contribution in [0.5, 0.6) is 0 Å². The number of nitrogens with one attached hydrogen (secondary N) is 2. The van der Waals surface area contributed by atoms with Crippen molar-refractivity contribution in [1.82, 2.24) is 10.6 Å². The molecule has 1 aromatic carbocycles. The minimum atomic E-state index is -0.852. The highest BCUT2D eigenvalue weighted by atomic mass is 16.4. The highest BCUT2D eigenvalue weighted by molar-refractivity contribution is 5.74. The number of carbonyl (C=O) groups excluding carboxylic acids is 1. The Labute approximate surface area is 113 Å². The molecule has 2 amide bonds. The van der Waals surface area contributed by atoms with Gasteiger partial charge in [-0.25, -0.2) is 4.79 Å². The second-order valence-electron chi connectivity index (χ2n) is 4.69. The van der Waals surface area contributed by atoms with Crippen molar-refractivity contribution >= 4 is 12.0 Å². The van der Waals surface area contributed by atoms with Crippen LogP contribution >= 0.6 is 0 Å². The molecule has 0 spiro atoms. The Morgan fingerprint density at radius 2 is 1.95 bits per heavy atom. The standard InChI is InChI=1S/C14H20N2O3/c1-10(7-13(17)18)8-15-14(19)16-9-12-6-4-3-5-11(12)2/h3-6,10H,7-9H2,1-2H3,(H,17,18)(H2,15,16,19). The Bertz CT molecular complexity index is 446. The fourth-order valence-corrected chi connectivity index (χ4v) is 1.68. The van der Waals surface area contributed by atoms with Crippen LogP contribution in [-0.2, 0) is 11.3 Å². The maximum absolute atomic E-state index is 11.5. The minimum Gasteiger partial charge on any atom is -0.481 e. The second-order valence-corrected chi connectivity index (χ2v) is 4.69. The Balaban J connectivity index is 2.29. The van der Waals surface area contributed by atoms with E-state index >= 15 is 0 Å². The molecule has 0 aliphatic rings. The van der Waals surface area contributed by atoms with Crippen LogP contribution in [0, 0.1) is 12.8 Å². The first-order valence-corrected chi connectivity index (χ1v) is 6.27. The Kier molecular flexibility index (Phi) is 5.85. The van der Waals surface area contributed by atoms with Crippen molar-refractivity contribution in [3.8, 4) is 0 Å². The maximum Gasteiger partial charge on any atom is 0.315 e. The topological polar surface area (TPSA) is 78.4 Å².